The lowest BCUT2D eigenvalue weighted by Crippen LogP contribution is -2.47. The Kier molecular flexibility index (Phi) is 7.30. The molecule has 4 atom stereocenters. The van der Waals surface area contributed by atoms with Crippen molar-refractivity contribution in [1.29, 1.82) is 0 Å². The molecule has 9 nitrogen and oxygen atoms in total. The highest BCUT2D eigenvalue weighted by Crippen LogP contribution is 2.45. The van der Waals surface area contributed by atoms with E-state index in [0.717, 1.165) is 43.9 Å². The van der Waals surface area contributed by atoms with Gasteiger partial charge in [-0.2, -0.15) is 0 Å². The zero-order valence-electron chi connectivity index (χ0n) is 20.4. The number of nitrogens with zero attached hydrogens (tertiary/aromatic N) is 1. The SMILES string of the molecule is COc1cc2c(cc1OC)C1CC(COC(=O)C[C@@H]3NC(=O)NC3=O)C(CC(C)C)CN1CC2. The number of hydrogen-bond acceptors (Lipinski definition) is 7. The number of fused-ring (bicyclic) bond motifs is 3. The molecule has 2 fully saturated rings. The van der Waals surface area contributed by atoms with Gasteiger partial charge in [0, 0.05) is 19.1 Å². The van der Waals surface area contributed by atoms with Crippen LogP contribution in [-0.4, -0.2) is 62.8 Å². The molecule has 0 radical (unpaired) electrons. The van der Waals surface area contributed by atoms with Crippen LogP contribution in [0, 0.1) is 17.8 Å². The molecule has 2 saturated heterocycles. The van der Waals surface area contributed by atoms with E-state index in [1.54, 1.807) is 14.2 Å². The number of carbonyl (C=O) groups excluding carboxylic acids is 3. The molecule has 3 amide bonds. The Bertz CT molecular complexity index is 949. The molecule has 2 N–H and O–H groups in total. The second kappa shape index (κ2) is 10.2. The number of rotatable bonds is 8. The van der Waals surface area contributed by atoms with Gasteiger partial charge in [-0.15, -0.1) is 0 Å². The standard InChI is InChI=1S/C25H35N3O6/c1-14(2)7-16-12-28-6-5-15-9-21(32-3)22(33-4)10-18(15)20(28)8-17(16)13-34-23(29)11-19-24(30)27-25(31)26-19/h9-10,14,16-17,19-20H,5-8,11-13H2,1-4H3,(H2,26,27,30,31)/t16?,17?,19-,20?/m0/s1. The predicted molar refractivity (Wildman–Crippen MR) is 125 cm³/mol. The molecular weight excluding hydrogens is 438 g/mol. The third-order valence-electron chi connectivity index (χ3n) is 7.24. The maximum absolute atomic E-state index is 12.5. The van der Waals surface area contributed by atoms with Crippen LogP contribution in [0.25, 0.3) is 0 Å². The smallest absolute Gasteiger partial charge is 0.322 e. The molecule has 1 aromatic rings. The third kappa shape index (κ3) is 5.14. The number of ether oxygens (including phenoxy) is 3. The topological polar surface area (TPSA) is 106 Å². The fraction of sp³-hybridized carbons (Fsp3) is 0.640. The fourth-order valence-corrected chi connectivity index (χ4v) is 5.61. The molecule has 0 aromatic heterocycles. The molecule has 186 valence electrons. The van der Waals surface area contributed by atoms with Gasteiger partial charge < -0.3 is 19.5 Å². The van der Waals surface area contributed by atoms with Gasteiger partial charge in [-0.25, -0.2) is 4.79 Å². The third-order valence-corrected chi connectivity index (χ3v) is 7.24. The van der Waals surface area contributed by atoms with E-state index in [1.807, 2.05) is 0 Å². The number of benzene rings is 1. The Morgan fingerprint density at radius 2 is 1.88 bits per heavy atom. The minimum atomic E-state index is -0.860. The Labute approximate surface area is 200 Å². The van der Waals surface area contributed by atoms with Crippen LogP contribution in [0.15, 0.2) is 12.1 Å². The van der Waals surface area contributed by atoms with Crippen molar-refractivity contribution in [2.75, 3.05) is 33.9 Å². The van der Waals surface area contributed by atoms with Crippen molar-refractivity contribution in [3.05, 3.63) is 23.3 Å². The maximum atomic E-state index is 12.5. The summed E-state index contributed by atoms with van der Waals surface area (Å²) in [5.41, 5.74) is 2.54. The fourth-order valence-electron chi connectivity index (χ4n) is 5.61. The average molecular weight is 474 g/mol. The van der Waals surface area contributed by atoms with E-state index in [9.17, 15) is 14.4 Å². The number of esters is 1. The molecule has 9 heteroatoms. The molecule has 0 saturated carbocycles. The predicted octanol–water partition coefficient (Wildman–Crippen LogP) is 2.43. The van der Waals surface area contributed by atoms with E-state index in [0.29, 0.717) is 18.4 Å². The summed E-state index contributed by atoms with van der Waals surface area (Å²) in [5, 5.41) is 4.59. The molecule has 1 aromatic carbocycles. The van der Waals surface area contributed by atoms with E-state index in [4.69, 9.17) is 14.2 Å². The molecule has 0 aliphatic carbocycles. The van der Waals surface area contributed by atoms with Gasteiger partial charge in [-0.05, 0) is 60.3 Å². The largest absolute Gasteiger partial charge is 0.493 e. The maximum Gasteiger partial charge on any atom is 0.322 e. The van der Waals surface area contributed by atoms with Gasteiger partial charge in [0.05, 0.1) is 27.2 Å². The number of carbonyl (C=O) groups is 3. The summed E-state index contributed by atoms with van der Waals surface area (Å²) in [6.07, 6.45) is 2.75. The van der Waals surface area contributed by atoms with E-state index < -0.39 is 23.9 Å². The zero-order chi connectivity index (χ0) is 24.4. The van der Waals surface area contributed by atoms with Crippen LogP contribution >= 0.6 is 0 Å². The van der Waals surface area contributed by atoms with Crippen molar-refractivity contribution in [2.45, 2.75) is 51.6 Å². The first-order valence-corrected chi connectivity index (χ1v) is 12.0. The van der Waals surface area contributed by atoms with E-state index in [1.165, 1.54) is 11.1 Å². The highest BCUT2D eigenvalue weighted by atomic mass is 16.5. The summed E-state index contributed by atoms with van der Waals surface area (Å²) < 4.78 is 16.7. The lowest BCUT2D eigenvalue weighted by molar-refractivity contribution is -0.148. The molecule has 4 rings (SSSR count). The number of imide groups is 1. The van der Waals surface area contributed by atoms with Crippen molar-refractivity contribution in [1.82, 2.24) is 15.5 Å². The molecule has 3 unspecified atom stereocenters. The Morgan fingerprint density at radius 3 is 2.53 bits per heavy atom. The highest BCUT2D eigenvalue weighted by Gasteiger charge is 2.40. The molecule has 34 heavy (non-hydrogen) atoms. The lowest BCUT2D eigenvalue weighted by Gasteiger charge is -2.47. The van der Waals surface area contributed by atoms with Gasteiger partial charge >= 0.3 is 12.0 Å². The van der Waals surface area contributed by atoms with Crippen molar-refractivity contribution in [3.8, 4) is 11.5 Å². The molecule has 3 heterocycles. The first kappa shape index (κ1) is 24.3. The van der Waals surface area contributed by atoms with Crippen LogP contribution in [0.1, 0.15) is 50.3 Å². The second-order valence-corrected chi connectivity index (χ2v) is 9.95. The molecule has 3 aliphatic heterocycles. The Morgan fingerprint density at radius 1 is 1.15 bits per heavy atom. The first-order valence-electron chi connectivity index (χ1n) is 12.0. The number of hydrogen-bond donors (Lipinski definition) is 2. The van der Waals surface area contributed by atoms with Crippen LogP contribution in [0.2, 0.25) is 0 Å². The number of methoxy groups -OCH3 is 2. The summed E-state index contributed by atoms with van der Waals surface area (Å²) in [6, 6.07) is 2.98. The summed E-state index contributed by atoms with van der Waals surface area (Å²) in [7, 11) is 3.31. The van der Waals surface area contributed by atoms with Gasteiger partial charge in [0.1, 0.15) is 6.04 Å². The van der Waals surface area contributed by atoms with Crippen LogP contribution in [0.4, 0.5) is 4.79 Å². The van der Waals surface area contributed by atoms with Crippen molar-refractivity contribution in [3.63, 3.8) is 0 Å². The van der Waals surface area contributed by atoms with E-state index in [-0.39, 0.29) is 18.4 Å². The minimum Gasteiger partial charge on any atom is -0.493 e. The second-order valence-electron chi connectivity index (χ2n) is 9.95. The lowest BCUT2D eigenvalue weighted by atomic mass is 9.74. The molecule has 0 bridgehead atoms. The molecule has 0 spiro atoms. The van der Waals surface area contributed by atoms with Gasteiger partial charge in [0.15, 0.2) is 11.5 Å². The summed E-state index contributed by atoms with van der Waals surface area (Å²) >= 11 is 0. The van der Waals surface area contributed by atoms with E-state index in [2.05, 4.69) is 41.5 Å². The average Bonchev–Trinajstić information content (AvgIpc) is 3.12. The summed E-state index contributed by atoms with van der Waals surface area (Å²) in [6.45, 7) is 6.70. The number of urea groups is 1. The summed E-state index contributed by atoms with van der Waals surface area (Å²) in [5.74, 6) is 1.68. The van der Waals surface area contributed by atoms with Crippen molar-refractivity contribution >= 4 is 17.9 Å². The number of nitrogens with one attached hydrogen (secondary N) is 2. The Hall–Kier alpha value is -2.81. The van der Waals surface area contributed by atoms with Crippen LogP contribution < -0.4 is 20.1 Å². The van der Waals surface area contributed by atoms with E-state index >= 15 is 0 Å². The van der Waals surface area contributed by atoms with Crippen molar-refractivity contribution < 1.29 is 28.6 Å². The normalized spacial score (nSPS) is 26.4. The summed E-state index contributed by atoms with van der Waals surface area (Å²) in [4.78, 5) is 38.1. The number of piperidine rings is 1. The molecular formula is C25H35N3O6. The van der Waals surface area contributed by atoms with Crippen LogP contribution in [-0.2, 0) is 20.7 Å². The Balaban J connectivity index is 1.48. The highest BCUT2D eigenvalue weighted by molar-refractivity contribution is 6.05. The first-order chi connectivity index (χ1) is 16.3. The van der Waals surface area contributed by atoms with Gasteiger partial charge in [-0.1, -0.05) is 13.8 Å². The minimum absolute atomic E-state index is 0.158. The van der Waals surface area contributed by atoms with Crippen molar-refractivity contribution in [2.24, 2.45) is 17.8 Å². The van der Waals surface area contributed by atoms with Gasteiger partial charge in [-0.3, -0.25) is 19.8 Å². The molecule has 3 aliphatic rings. The zero-order valence-corrected chi connectivity index (χ0v) is 20.4. The van der Waals surface area contributed by atoms with Gasteiger partial charge in [0.2, 0.25) is 0 Å². The monoisotopic (exact) mass is 473 g/mol. The quantitative estimate of drug-likeness (QED) is 0.441. The van der Waals surface area contributed by atoms with Crippen LogP contribution in [0.5, 0.6) is 11.5 Å². The van der Waals surface area contributed by atoms with Gasteiger partial charge in [0.25, 0.3) is 5.91 Å². The van der Waals surface area contributed by atoms with Crippen LogP contribution in [0.3, 0.4) is 0 Å². The number of amides is 3.